The average molecular weight is 287 g/mol. The molecule has 0 bridgehead atoms. The van der Waals surface area contributed by atoms with Gasteiger partial charge in [0.1, 0.15) is 12.7 Å². The van der Waals surface area contributed by atoms with Crippen molar-refractivity contribution in [1.82, 2.24) is 25.4 Å². The van der Waals surface area contributed by atoms with Gasteiger partial charge in [0, 0.05) is 20.2 Å². The summed E-state index contributed by atoms with van der Waals surface area (Å²) in [6.07, 6.45) is 3.00. The van der Waals surface area contributed by atoms with Gasteiger partial charge in [0.25, 0.3) is 5.91 Å². The molecule has 1 saturated heterocycles. The van der Waals surface area contributed by atoms with Gasteiger partial charge in [-0.25, -0.2) is 9.67 Å². The lowest BCUT2D eigenvalue weighted by molar-refractivity contribution is 0.0780. The predicted octanol–water partition coefficient (Wildman–Crippen LogP) is -0.0161. The summed E-state index contributed by atoms with van der Waals surface area (Å²) in [6.45, 7) is 1.45. The van der Waals surface area contributed by atoms with E-state index in [2.05, 4.69) is 20.7 Å². The van der Waals surface area contributed by atoms with E-state index in [1.807, 2.05) is 18.2 Å². The maximum absolute atomic E-state index is 12.5. The first-order chi connectivity index (χ1) is 10.3. The highest BCUT2D eigenvalue weighted by molar-refractivity contribution is 5.98. The highest BCUT2D eigenvalue weighted by Crippen LogP contribution is 2.14. The number of ether oxygens (including phenoxy) is 1. The minimum atomic E-state index is -0.142. The molecule has 3 rings (SSSR count). The van der Waals surface area contributed by atoms with Gasteiger partial charge in [0.05, 0.1) is 23.4 Å². The number of carbonyl (C=O) groups excluding carboxylic acids is 1. The quantitative estimate of drug-likeness (QED) is 0.826. The number of methoxy groups -OCH3 is 1. The average Bonchev–Trinajstić information content (AvgIpc) is 3.18. The van der Waals surface area contributed by atoms with Crippen molar-refractivity contribution in [2.75, 3.05) is 20.2 Å². The van der Waals surface area contributed by atoms with Crippen LogP contribution in [-0.4, -0.2) is 53.0 Å². The molecule has 0 spiro atoms. The van der Waals surface area contributed by atoms with E-state index in [9.17, 15) is 4.79 Å². The smallest absolute Gasteiger partial charge is 0.253 e. The number of nitrogens with zero attached hydrogens (tertiary/aromatic N) is 3. The van der Waals surface area contributed by atoms with E-state index in [4.69, 9.17) is 4.74 Å². The van der Waals surface area contributed by atoms with Gasteiger partial charge >= 0.3 is 0 Å². The maximum atomic E-state index is 12.5. The Morgan fingerprint density at radius 1 is 1.43 bits per heavy atom. The monoisotopic (exact) mass is 287 g/mol. The van der Waals surface area contributed by atoms with Gasteiger partial charge in [-0.2, -0.15) is 5.10 Å². The van der Waals surface area contributed by atoms with Gasteiger partial charge < -0.3 is 15.4 Å². The van der Waals surface area contributed by atoms with Crippen molar-refractivity contribution >= 4 is 5.91 Å². The molecule has 1 aliphatic heterocycles. The highest BCUT2D eigenvalue weighted by atomic mass is 16.5. The number of carbonyl (C=O) groups is 1. The fraction of sp³-hybridized carbons (Fsp3) is 0.357. The standard InChI is InChI=1S/C14H17N5O2/c1-21-13-7-15-6-11(13)18-14(20)10-4-2-3-5-12(10)19-9-16-8-17-19/h2-5,8-9,11,13,15H,6-7H2,1H3,(H,18,20)/t11-,13-/m0/s1. The molecule has 2 N–H and O–H groups in total. The first-order valence-corrected chi connectivity index (χ1v) is 6.78. The van der Waals surface area contributed by atoms with E-state index >= 15 is 0 Å². The van der Waals surface area contributed by atoms with Crippen molar-refractivity contribution in [1.29, 1.82) is 0 Å². The first kappa shape index (κ1) is 13.7. The number of hydrogen-bond acceptors (Lipinski definition) is 5. The number of para-hydroxylation sites is 1. The van der Waals surface area contributed by atoms with Gasteiger partial charge in [-0.15, -0.1) is 0 Å². The van der Waals surface area contributed by atoms with Gasteiger partial charge in [-0.3, -0.25) is 4.79 Å². The summed E-state index contributed by atoms with van der Waals surface area (Å²) in [5, 5.41) is 10.3. The Balaban J connectivity index is 1.82. The lowest BCUT2D eigenvalue weighted by Gasteiger charge is -2.19. The number of benzene rings is 1. The molecule has 1 aromatic carbocycles. The van der Waals surface area contributed by atoms with E-state index in [0.29, 0.717) is 17.8 Å². The van der Waals surface area contributed by atoms with Gasteiger partial charge in [-0.05, 0) is 12.1 Å². The van der Waals surface area contributed by atoms with Crippen LogP contribution in [0.4, 0.5) is 0 Å². The molecule has 7 heteroatoms. The van der Waals surface area contributed by atoms with Crippen LogP contribution in [0.2, 0.25) is 0 Å². The first-order valence-electron chi connectivity index (χ1n) is 6.78. The van der Waals surface area contributed by atoms with Crippen molar-refractivity contribution in [3.8, 4) is 5.69 Å². The Morgan fingerprint density at radius 2 is 2.29 bits per heavy atom. The molecule has 2 aromatic rings. The molecule has 1 amide bonds. The van der Waals surface area contributed by atoms with Crippen LogP contribution >= 0.6 is 0 Å². The summed E-state index contributed by atoms with van der Waals surface area (Å²) in [4.78, 5) is 16.4. The molecule has 2 heterocycles. The van der Waals surface area contributed by atoms with Crippen LogP contribution in [0.25, 0.3) is 5.69 Å². The van der Waals surface area contributed by atoms with E-state index in [1.165, 1.54) is 6.33 Å². The largest absolute Gasteiger partial charge is 0.378 e. The molecule has 0 saturated carbocycles. The number of amides is 1. The van der Waals surface area contributed by atoms with Crippen LogP contribution < -0.4 is 10.6 Å². The third-order valence-corrected chi connectivity index (χ3v) is 3.59. The van der Waals surface area contributed by atoms with E-state index in [0.717, 1.165) is 6.54 Å². The summed E-state index contributed by atoms with van der Waals surface area (Å²) >= 11 is 0. The number of nitrogens with one attached hydrogen (secondary N) is 2. The predicted molar refractivity (Wildman–Crippen MR) is 76.3 cm³/mol. The third-order valence-electron chi connectivity index (χ3n) is 3.59. The minimum Gasteiger partial charge on any atom is -0.378 e. The second-order valence-electron chi connectivity index (χ2n) is 4.87. The lowest BCUT2D eigenvalue weighted by Crippen LogP contribution is -2.43. The maximum Gasteiger partial charge on any atom is 0.253 e. The third kappa shape index (κ3) is 2.79. The molecule has 0 unspecified atom stereocenters. The number of aromatic nitrogens is 3. The zero-order valence-corrected chi connectivity index (χ0v) is 11.7. The van der Waals surface area contributed by atoms with Crippen molar-refractivity contribution in [2.24, 2.45) is 0 Å². The van der Waals surface area contributed by atoms with Crippen LogP contribution in [0.1, 0.15) is 10.4 Å². The summed E-state index contributed by atoms with van der Waals surface area (Å²) in [5.74, 6) is -0.142. The Bertz CT molecular complexity index is 614. The second-order valence-corrected chi connectivity index (χ2v) is 4.87. The van der Waals surface area contributed by atoms with Crippen molar-refractivity contribution < 1.29 is 9.53 Å². The molecular formula is C14H17N5O2. The normalized spacial score (nSPS) is 21.4. The lowest BCUT2D eigenvalue weighted by atomic mass is 10.1. The van der Waals surface area contributed by atoms with Crippen molar-refractivity contribution in [3.05, 3.63) is 42.5 Å². The van der Waals surface area contributed by atoms with Crippen LogP contribution in [0.3, 0.4) is 0 Å². The molecule has 7 nitrogen and oxygen atoms in total. The molecule has 110 valence electrons. The summed E-state index contributed by atoms with van der Waals surface area (Å²) in [5.41, 5.74) is 1.26. The van der Waals surface area contributed by atoms with Crippen molar-refractivity contribution in [2.45, 2.75) is 12.1 Å². The fourth-order valence-corrected chi connectivity index (χ4v) is 2.49. The highest BCUT2D eigenvalue weighted by Gasteiger charge is 2.29. The molecular weight excluding hydrogens is 270 g/mol. The van der Waals surface area contributed by atoms with E-state index in [1.54, 1.807) is 24.2 Å². The van der Waals surface area contributed by atoms with Crippen molar-refractivity contribution in [3.63, 3.8) is 0 Å². The fourth-order valence-electron chi connectivity index (χ4n) is 2.49. The Labute approximate surface area is 122 Å². The topological polar surface area (TPSA) is 81.1 Å². The zero-order valence-electron chi connectivity index (χ0n) is 11.7. The minimum absolute atomic E-state index is 0.00696. The van der Waals surface area contributed by atoms with Gasteiger partial charge in [0.15, 0.2) is 0 Å². The Hall–Kier alpha value is -2.25. The Morgan fingerprint density at radius 3 is 3.05 bits per heavy atom. The van der Waals surface area contributed by atoms with Crippen LogP contribution in [0.15, 0.2) is 36.9 Å². The molecule has 1 aliphatic rings. The zero-order chi connectivity index (χ0) is 14.7. The molecule has 2 atom stereocenters. The number of hydrogen-bond donors (Lipinski definition) is 2. The van der Waals surface area contributed by atoms with E-state index < -0.39 is 0 Å². The van der Waals surface area contributed by atoms with Gasteiger partial charge in [0.2, 0.25) is 0 Å². The molecule has 1 fully saturated rings. The summed E-state index contributed by atoms with van der Waals surface area (Å²) in [6, 6.07) is 7.27. The molecule has 0 aliphatic carbocycles. The van der Waals surface area contributed by atoms with Crippen LogP contribution in [0, 0.1) is 0 Å². The van der Waals surface area contributed by atoms with E-state index in [-0.39, 0.29) is 18.1 Å². The second kappa shape index (κ2) is 6.02. The number of rotatable bonds is 4. The molecule has 21 heavy (non-hydrogen) atoms. The van der Waals surface area contributed by atoms with Gasteiger partial charge in [-0.1, -0.05) is 12.1 Å². The SMILES string of the molecule is CO[C@H]1CNC[C@@H]1NC(=O)c1ccccc1-n1cncn1. The summed E-state index contributed by atoms with van der Waals surface area (Å²) < 4.78 is 6.94. The Kier molecular flexibility index (Phi) is 3.94. The summed E-state index contributed by atoms with van der Waals surface area (Å²) in [7, 11) is 1.65. The molecule has 0 radical (unpaired) electrons. The van der Waals surface area contributed by atoms with Crippen LogP contribution in [-0.2, 0) is 4.74 Å². The molecule has 1 aromatic heterocycles. The van der Waals surface area contributed by atoms with Crippen LogP contribution in [0.5, 0.6) is 0 Å².